The van der Waals surface area contributed by atoms with Gasteiger partial charge >= 0.3 is 0 Å². The van der Waals surface area contributed by atoms with Crippen LogP contribution < -0.4 is 5.32 Å². The van der Waals surface area contributed by atoms with Crippen LogP contribution in [0.25, 0.3) is 0 Å². The number of nitrogens with zero attached hydrogens (tertiary/aromatic N) is 3. The molecule has 0 aliphatic carbocycles. The van der Waals surface area contributed by atoms with Gasteiger partial charge in [0, 0.05) is 38.4 Å². The summed E-state index contributed by atoms with van der Waals surface area (Å²) >= 11 is 1.41. The Bertz CT molecular complexity index is 983. The number of aryl methyl sites for hydroxylation is 1. The Morgan fingerprint density at radius 2 is 1.81 bits per heavy atom. The van der Waals surface area contributed by atoms with Gasteiger partial charge in [-0.05, 0) is 55.3 Å². The quantitative estimate of drug-likeness (QED) is 0.754. The summed E-state index contributed by atoms with van der Waals surface area (Å²) in [6.45, 7) is 7.42. The molecule has 2 aromatic rings. The molecule has 2 fully saturated rings. The molecule has 0 spiro atoms. The SMILES string of the molecule is Cc1cccc(NC(=O)CN2CCN(C(=O)[C@@H]3CCCN3C(=O)c3cccs3)CC2)c1C. The van der Waals surface area contributed by atoms with Crippen molar-refractivity contribution in [1.82, 2.24) is 14.7 Å². The maximum Gasteiger partial charge on any atom is 0.264 e. The summed E-state index contributed by atoms with van der Waals surface area (Å²) in [5, 5.41) is 4.89. The minimum absolute atomic E-state index is 0.0342. The normalized spacial score (nSPS) is 19.2. The summed E-state index contributed by atoms with van der Waals surface area (Å²) in [7, 11) is 0. The van der Waals surface area contributed by atoms with E-state index in [-0.39, 0.29) is 23.8 Å². The first-order valence-electron chi connectivity index (χ1n) is 11.2. The largest absolute Gasteiger partial charge is 0.338 e. The Kier molecular flexibility index (Phi) is 6.91. The fourth-order valence-corrected chi connectivity index (χ4v) is 5.10. The van der Waals surface area contributed by atoms with E-state index < -0.39 is 0 Å². The lowest BCUT2D eigenvalue weighted by Crippen LogP contribution is -2.55. The average molecular weight is 455 g/mol. The second-order valence-electron chi connectivity index (χ2n) is 8.53. The number of hydrogen-bond acceptors (Lipinski definition) is 5. The molecule has 2 aliphatic heterocycles. The fraction of sp³-hybridized carbons (Fsp3) is 0.458. The predicted molar refractivity (Wildman–Crippen MR) is 126 cm³/mol. The lowest BCUT2D eigenvalue weighted by atomic mass is 10.1. The van der Waals surface area contributed by atoms with Crippen LogP contribution in [0.3, 0.4) is 0 Å². The van der Waals surface area contributed by atoms with Crippen LogP contribution in [0.1, 0.15) is 33.6 Å². The van der Waals surface area contributed by atoms with Gasteiger partial charge < -0.3 is 15.1 Å². The maximum absolute atomic E-state index is 13.2. The number of likely N-dealkylation sites (tertiary alicyclic amines) is 1. The highest BCUT2D eigenvalue weighted by molar-refractivity contribution is 7.12. The summed E-state index contributed by atoms with van der Waals surface area (Å²) < 4.78 is 0. The molecule has 32 heavy (non-hydrogen) atoms. The van der Waals surface area contributed by atoms with Crippen molar-refractivity contribution in [3.05, 3.63) is 51.7 Å². The van der Waals surface area contributed by atoms with Crippen molar-refractivity contribution in [2.75, 3.05) is 44.6 Å². The summed E-state index contributed by atoms with van der Waals surface area (Å²) in [5.41, 5.74) is 3.07. The molecule has 0 unspecified atom stereocenters. The van der Waals surface area contributed by atoms with Gasteiger partial charge in [-0.3, -0.25) is 19.3 Å². The summed E-state index contributed by atoms with van der Waals surface area (Å²) in [6, 6.07) is 9.19. The highest BCUT2D eigenvalue weighted by Crippen LogP contribution is 2.24. The Labute approximate surface area is 193 Å². The van der Waals surface area contributed by atoms with E-state index in [0.29, 0.717) is 50.6 Å². The molecule has 0 saturated carbocycles. The number of rotatable bonds is 5. The molecule has 0 bridgehead atoms. The smallest absolute Gasteiger partial charge is 0.264 e. The third kappa shape index (κ3) is 4.86. The highest BCUT2D eigenvalue weighted by Gasteiger charge is 2.38. The standard InChI is InChI=1S/C24H30N4O3S/c1-17-6-3-7-19(18(17)2)25-22(29)16-26-11-13-27(14-12-26)23(30)20-8-4-10-28(20)24(31)21-9-5-15-32-21/h3,5-7,9,15,20H,4,8,10-14,16H2,1-2H3,(H,25,29)/t20-/m0/s1. The monoisotopic (exact) mass is 454 g/mol. The van der Waals surface area contributed by atoms with Gasteiger partial charge in [0.25, 0.3) is 5.91 Å². The van der Waals surface area contributed by atoms with Crippen molar-refractivity contribution in [3.8, 4) is 0 Å². The molecule has 1 aromatic heterocycles. The zero-order valence-corrected chi connectivity index (χ0v) is 19.5. The van der Waals surface area contributed by atoms with Crippen LogP contribution in [-0.4, -0.2) is 77.7 Å². The number of benzene rings is 1. The van der Waals surface area contributed by atoms with E-state index in [1.807, 2.05) is 54.5 Å². The highest BCUT2D eigenvalue weighted by atomic mass is 32.1. The van der Waals surface area contributed by atoms with Crippen molar-refractivity contribution in [3.63, 3.8) is 0 Å². The molecule has 170 valence electrons. The van der Waals surface area contributed by atoms with Gasteiger partial charge in [-0.25, -0.2) is 0 Å². The number of thiophene rings is 1. The van der Waals surface area contributed by atoms with Crippen molar-refractivity contribution in [1.29, 1.82) is 0 Å². The average Bonchev–Trinajstić information content (AvgIpc) is 3.49. The second-order valence-corrected chi connectivity index (χ2v) is 9.48. The number of nitrogens with one attached hydrogen (secondary N) is 1. The first-order chi connectivity index (χ1) is 15.4. The van der Waals surface area contributed by atoms with E-state index in [9.17, 15) is 14.4 Å². The Hall–Kier alpha value is -2.71. The topological polar surface area (TPSA) is 73.0 Å². The third-order valence-electron chi connectivity index (χ3n) is 6.46. The number of anilines is 1. The molecule has 1 N–H and O–H groups in total. The van der Waals surface area contributed by atoms with Crippen LogP contribution in [0.15, 0.2) is 35.7 Å². The molecule has 0 radical (unpaired) electrons. The van der Waals surface area contributed by atoms with E-state index in [1.165, 1.54) is 11.3 Å². The molecule has 1 atom stereocenters. The molecule has 2 saturated heterocycles. The van der Waals surface area contributed by atoms with Crippen molar-refractivity contribution in [2.45, 2.75) is 32.7 Å². The lowest BCUT2D eigenvalue weighted by Gasteiger charge is -2.37. The van der Waals surface area contributed by atoms with Crippen LogP contribution in [-0.2, 0) is 9.59 Å². The van der Waals surface area contributed by atoms with E-state index in [1.54, 1.807) is 4.90 Å². The first kappa shape index (κ1) is 22.5. The van der Waals surface area contributed by atoms with Crippen LogP contribution in [0, 0.1) is 13.8 Å². The first-order valence-corrected chi connectivity index (χ1v) is 12.0. The molecule has 8 heteroatoms. The predicted octanol–water partition coefficient (Wildman–Crippen LogP) is 2.75. The van der Waals surface area contributed by atoms with Gasteiger partial charge in [0.2, 0.25) is 11.8 Å². The van der Waals surface area contributed by atoms with Crippen molar-refractivity contribution < 1.29 is 14.4 Å². The van der Waals surface area contributed by atoms with Gasteiger partial charge in [-0.1, -0.05) is 18.2 Å². The van der Waals surface area contributed by atoms with Crippen LogP contribution in [0.4, 0.5) is 5.69 Å². The summed E-state index contributed by atoms with van der Waals surface area (Å²) in [4.78, 5) is 44.8. The number of piperazine rings is 1. The Morgan fingerprint density at radius 1 is 1.03 bits per heavy atom. The lowest BCUT2D eigenvalue weighted by molar-refractivity contribution is -0.137. The number of carbonyl (C=O) groups excluding carboxylic acids is 3. The zero-order valence-electron chi connectivity index (χ0n) is 18.7. The van der Waals surface area contributed by atoms with Crippen LogP contribution >= 0.6 is 11.3 Å². The van der Waals surface area contributed by atoms with Crippen LogP contribution in [0.2, 0.25) is 0 Å². The van der Waals surface area contributed by atoms with E-state index in [0.717, 1.165) is 23.2 Å². The maximum atomic E-state index is 13.2. The van der Waals surface area contributed by atoms with Gasteiger partial charge in [0.1, 0.15) is 6.04 Å². The summed E-state index contributed by atoms with van der Waals surface area (Å²) in [6.07, 6.45) is 1.57. The second kappa shape index (κ2) is 9.83. The Balaban J connectivity index is 1.28. The molecule has 3 heterocycles. The molecule has 2 aliphatic rings. The molecular weight excluding hydrogens is 424 g/mol. The molecule has 3 amide bonds. The minimum atomic E-state index is -0.372. The minimum Gasteiger partial charge on any atom is -0.338 e. The number of hydrogen-bond donors (Lipinski definition) is 1. The molecule has 7 nitrogen and oxygen atoms in total. The van der Waals surface area contributed by atoms with Crippen molar-refractivity contribution in [2.24, 2.45) is 0 Å². The van der Waals surface area contributed by atoms with Crippen molar-refractivity contribution >= 4 is 34.7 Å². The van der Waals surface area contributed by atoms with E-state index in [2.05, 4.69) is 10.2 Å². The van der Waals surface area contributed by atoms with Gasteiger partial charge in [-0.15, -0.1) is 11.3 Å². The van der Waals surface area contributed by atoms with E-state index in [4.69, 9.17) is 0 Å². The van der Waals surface area contributed by atoms with Gasteiger partial charge in [0.15, 0.2) is 0 Å². The van der Waals surface area contributed by atoms with Gasteiger partial charge in [-0.2, -0.15) is 0 Å². The molecule has 4 rings (SSSR count). The van der Waals surface area contributed by atoms with E-state index >= 15 is 0 Å². The summed E-state index contributed by atoms with van der Waals surface area (Å²) in [5.74, 6) is -0.0496. The number of carbonyl (C=O) groups is 3. The fourth-order valence-electron chi connectivity index (χ4n) is 4.42. The molecular formula is C24H30N4O3S. The number of amides is 3. The Morgan fingerprint density at radius 3 is 2.53 bits per heavy atom. The molecule has 1 aromatic carbocycles. The van der Waals surface area contributed by atoms with Crippen LogP contribution in [0.5, 0.6) is 0 Å². The zero-order chi connectivity index (χ0) is 22.7. The van der Waals surface area contributed by atoms with Gasteiger partial charge in [0.05, 0.1) is 11.4 Å². The third-order valence-corrected chi connectivity index (χ3v) is 7.32.